The molecule has 0 fully saturated rings. The third-order valence-corrected chi connectivity index (χ3v) is 4.84. The van der Waals surface area contributed by atoms with Gasteiger partial charge in [0.15, 0.2) is 0 Å². The molecule has 5 nitrogen and oxygen atoms in total. The predicted octanol–water partition coefficient (Wildman–Crippen LogP) is 4.99. The summed E-state index contributed by atoms with van der Waals surface area (Å²) < 4.78 is 5.86. The molecule has 2 rings (SSSR count). The molecular weight excluding hydrogens is 420 g/mol. The summed E-state index contributed by atoms with van der Waals surface area (Å²) in [5.41, 5.74) is 1.45. The summed E-state index contributed by atoms with van der Waals surface area (Å²) in [6.07, 6.45) is -0.639. The first-order valence-corrected chi connectivity index (χ1v) is 9.27. The summed E-state index contributed by atoms with van der Waals surface area (Å²) in [5.74, 6) is -0.444. The van der Waals surface area contributed by atoms with Gasteiger partial charge in [0.2, 0.25) is 5.91 Å². The summed E-state index contributed by atoms with van der Waals surface area (Å²) in [6.45, 7) is 3.84. The number of benzene rings is 2. The highest BCUT2D eigenvalue weighted by Crippen LogP contribution is 2.25. The standard InChI is InChI=1S/C19H20BrClN2O3/c1-12(2)17(18(24)22-14-8-9-16(21)15(20)10-14)23-19(25)26-11-13-6-4-3-5-7-13/h3-10,12,17H,11H2,1-2H3,(H,22,24)(H,23,25)/t17-/m0/s1. The molecule has 0 saturated heterocycles. The topological polar surface area (TPSA) is 67.4 Å². The molecule has 0 radical (unpaired) electrons. The van der Waals surface area contributed by atoms with E-state index in [4.69, 9.17) is 16.3 Å². The van der Waals surface area contributed by atoms with Crippen LogP contribution in [0.1, 0.15) is 19.4 Å². The van der Waals surface area contributed by atoms with Crippen LogP contribution in [0.3, 0.4) is 0 Å². The van der Waals surface area contributed by atoms with Gasteiger partial charge in [0.05, 0.1) is 5.02 Å². The summed E-state index contributed by atoms with van der Waals surface area (Å²) in [6, 6.07) is 13.7. The van der Waals surface area contributed by atoms with Crippen LogP contribution in [0.4, 0.5) is 10.5 Å². The largest absolute Gasteiger partial charge is 0.445 e. The van der Waals surface area contributed by atoms with E-state index in [9.17, 15) is 9.59 Å². The number of nitrogens with one attached hydrogen (secondary N) is 2. The molecule has 0 unspecified atom stereocenters. The van der Waals surface area contributed by atoms with E-state index in [-0.39, 0.29) is 18.4 Å². The lowest BCUT2D eigenvalue weighted by molar-refractivity contribution is -0.119. The summed E-state index contributed by atoms with van der Waals surface area (Å²) in [7, 11) is 0. The summed E-state index contributed by atoms with van der Waals surface area (Å²) in [5, 5.41) is 5.94. The van der Waals surface area contributed by atoms with Crippen LogP contribution in [0.15, 0.2) is 53.0 Å². The molecular formula is C19H20BrClN2O3. The molecule has 2 amide bonds. The minimum absolute atomic E-state index is 0.116. The maximum Gasteiger partial charge on any atom is 0.408 e. The van der Waals surface area contributed by atoms with Crippen LogP contribution in [0.25, 0.3) is 0 Å². The van der Waals surface area contributed by atoms with E-state index in [2.05, 4.69) is 26.6 Å². The van der Waals surface area contributed by atoms with E-state index in [1.807, 2.05) is 44.2 Å². The van der Waals surface area contributed by atoms with Gasteiger partial charge in [0.1, 0.15) is 12.6 Å². The Morgan fingerprint density at radius 2 is 1.85 bits per heavy atom. The van der Waals surface area contributed by atoms with Crippen LogP contribution in [0.5, 0.6) is 0 Å². The molecule has 0 saturated carbocycles. The Morgan fingerprint density at radius 3 is 2.46 bits per heavy atom. The molecule has 0 spiro atoms. The highest BCUT2D eigenvalue weighted by atomic mass is 79.9. The van der Waals surface area contributed by atoms with Crippen LogP contribution < -0.4 is 10.6 Å². The lowest BCUT2D eigenvalue weighted by atomic mass is 10.0. The van der Waals surface area contributed by atoms with Crippen molar-refractivity contribution in [2.45, 2.75) is 26.5 Å². The maximum absolute atomic E-state index is 12.5. The molecule has 2 aromatic carbocycles. The Labute approximate surface area is 166 Å². The van der Waals surface area contributed by atoms with Crippen LogP contribution in [0.2, 0.25) is 5.02 Å². The number of hydrogen-bond donors (Lipinski definition) is 2. The predicted molar refractivity (Wildman–Crippen MR) is 106 cm³/mol. The van der Waals surface area contributed by atoms with E-state index in [0.29, 0.717) is 15.2 Å². The first kappa shape index (κ1) is 20.3. The SMILES string of the molecule is CC(C)[C@H](NC(=O)OCc1ccccc1)C(=O)Nc1ccc(Cl)c(Br)c1. The van der Waals surface area contributed by atoms with Gasteiger partial charge in [-0.2, -0.15) is 0 Å². The van der Waals surface area contributed by atoms with Crippen LogP contribution in [-0.2, 0) is 16.1 Å². The Kier molecular flexibility index (Phi) is 7.48. The number of anilines is 1. The molecule has 7 heteroatoms. The first-order valence-electron chi connectivity index (χ1n) is 8.10. The molecule has 26 heavy (non-hydrogen) atoms. The van der Waals surface area contributed by atoms with Gasteiger partial charge in [0.25, 0.3) is 0 Å². The fourth-order valence-corrected chi connectivity index (χ4v) is 2.72. The fourth-order valence-electron chi connectivity index (χ4n) is 2.22. The molecule has 0 aromatic heterocycles. The van der Waals surface area contributed by atoms with Gasteiger partial charge in [0, 0.05) is 10.2 Å². The molecule has 0 bridgehead atoms. The number of amides is 2. The Balaban J connectivity index is 1.95. The second-order valence-corrected chi connectivity index (χ2v) is 7.31. The van der Waals surface area contributed by atoms with Crippen LogP contribution >= 0.6 is 27.5 Å². The minimum Gasteiger partial charge on any atom is -0.445 e. The highest BCUT2D eigenvalue weighted by molar-refractivity contribution is 9.10. The molecule has 0 aliphatic heterocycles. The number of ether oxygens (including phenoxy) is 1. The molecule has 0 aliphatic rings. The van der Waals surface area contributed by atoms with E-state index in [1.165, 1.54) is 0 Å². The monoisotopic (exact) mass is 438 g/mol. The van der Waals surface area contributed by atoms with Gasteiger partial charge in [-0.1, -0.05) is 55.8 Å². The zero-order valence-corrected chi connectivity index (χ0v) is 16.8. The number of carbonyl (C=O) groups is 2. The quantitative estimate of drug-likeness (QED) is 0.666. The van der Waals surface area contributed by atoms with Crippen molar-refractivity contribution in [3.05, 3.63) is 63.6 Å². The van der Waals surface area contributed by atoms with Gasteiger partial charge >= 0.3 is 6.09 Å². The molecule has 2 aromatic rings. The van der Waals surface area contributed by atoms with Gasteiger partial charge in [-0.05, 0) is 45.6 Å². The van der Waals surface area contributed by atoms with Gasteiger partial charge in [-0.15, -0.1) is 0 Å². The van der Waals surface area contributed by atoms with Gasteiger partial charge in [-0.25, -0.2) is 4.79 Å². The van der Waals surface area contributed by atoms with Crippen molar-refractivity contribution in [2.24, 2.45) is 5.92 Å². The number of alkyl carbamates (subject to hydrolysis) is 1. The third kappa shape index (κ3) is 6.04. The van der Waals surface area contributed by atoms with Crippen molar-refractivity contribution in [3.63, 3.8) is 0 Å². The van der Waals surface area contributed by atoms with E-state index in [1.54, 1.807) is 18.2 Å². The number of hydrogen-bond acceptors (Lipinski definition) is 3. The van der Waals surface area contributed by atoms with Gasteiger partial charge < -0.3 is 15.4 Å². The van der Waals surface area contributed by atoms with E-state index < -0.39 is 12.1 Å². The smallest absolute Gasteiger partial charge is 0.408 e. The number of halogens is 2. The van der Waals surface area contributed by atoms with E-state index >= 15 is 0 Å². The van der Waals surface area contributed by atoms with Crippen LogP contribution in [0, 0.1) is 5.92 Å². The van der Waals surface area contributed by atoms with Gasteiger partial charge in [-0.3, -0.25) is 4.79 Å². The normalized spacial score (nSPS) is 11.7. The van der Waals surface area contributed by atoms with Crippen molar-refractivity contribution in [3.8, 4) is 0 Å². The molecule has 138 valence electrons. The Hall–Kier alpha value is -2.05. The number of rotatable bonds is 6. The zero-order chi connectivity index (χ0) is 19.1. The van der Waals surface area contributed by atoms with Crippen molar-refractivity contribution in [1.82, 2.24) is 5.32 Å². The molecule has 0 aliphatic carbocycles. The lowest BCUT2D eigenvalue weighted by Crippen LogP contribution is -2.47. The second kappa shape index (κ2) is 9.59. The average molecular weight is 440 g/mol. The highest BCUT2D eigenvalue weighted by Gasteiger charge is 2.25. The van der Waals surface area contributed by atoms with Crippen molar-refractivity contribution in [1.29, 1.82) is 0 Å². The van der Waals surface area contributed by atoms with Crippen molar-refractivity contribution in [2.75, 3.05) is 5.32 Å². The third-order valence-electron chi connectivity index (χ3n) is 3.62. The zero-order valence-electron chi connectivity index (χ0n) is 14.5. The summed E-state index contributed by atoms with van der Waals surface area (Å²) >= 11 is 9.26. The average Bonchev–Trinajstić information content (AvgIpc) is 2.61. The Bertz CT molecular complexity index is 769. The molecule has 2 N–H and O–H groups in total. The second-order valence-electron chi connectivity index (χ2n) is 6.05. The molecule has 0 heterocycles. The minimum atomic E-state index is -0.729. The fraction of sp³-hybridized carbons (Fsp3) is 0.263. The van der Waals surface area contributed by atoms with Crippen molar-refractivity contribution < 1.29 is 14.3 Å². The Morgan fingerprint density at radius 1 is 1.15 bits per heavy atom. The first-order chi connectivity index (χ1) is 12.4. The van der Waals surface area contributed by atoms with E-state index in [0.717, 1.165) is 5.56 Å². The lowest BCUT2D eigenvalue weighted by Gasteiger charge is -2.21. The maximum atomic E-state index is 12.5. The van der Waals surface area contributed by atoms with Crippen LogP contribution in [-0.4, -0.2) is 18.0 Å². The van der Waals surface area contributed by atoms with Crippen molar-refractivity contribution >= 4 is 45.2 Å². The number of carbonyl (C=O) groups excluding carboxylic acids is 2. The molecule has 1 atom stereocenters. The summed E-state index contributed by atoms with van der Waals surface area (Å²) in [4.78, 5) is 24.6.